The Balaban J connectivity index is 1.58. The number of carboxylic acid groups (broad SMARTS) is 1. The van der Waals surface area contributed by atoms with E-state index in [0.29, 0.717) is 11.4 Å². The van der Waals surface area contributed by atoms with Crippen LogP contribution in [-0.4, -0.2) is 52.8 Å². The number of halogens is 2. The van der Waals surface area contributed by atoms with Crippen LogP contribution in [0.1, 0.15) is 24.8 Å². The summed E-state index contributed by atoms with van der Waals surface area (Å²) in [5.41, 5.74) is 0.528. The van der Waals surface area contributed by atoms with Gasteiger partial charge >= 0.3 is 18.1 Å². The number of nitrogens with one attached hydrogen (secondary N) is 2. The Morgan fingerprint density at radius 2 is 1.92 bits per heavy atom. The molecule has 0 aliphatic rings. The van der Waals surface area contributed by atoms with E-state index >= 15 is 0 Å². The van der Waals surface area contributed by atoms with Crippen LogP contribution in [0.15, 0.2) is 54.7 Å². The van der Waals surface area contributed by atoms with Crippen LogP contribution in [-0.2, 0) is 16.1 Å². The topological polar surface area (TPSA) is 121 Å². The summed E-state index contributed by atoms with van der Waals surface area (Å²) in [4.78, 5) is 41.5. The smallest absolute Gasteiger partial charge is 0.412 e. The van der Waals surface area contributed by atoms with Gasteiger partial charge in [0.05, 0.1) is 6.04 Å². The highest BCUT2D eigenvalue weighted by atomic mass is 35.5. The summed E-state index contributed by atoms with van der Waals surface area (Å²) >= 11 is 6.01. The maximum Gasteiger partial charge on any atom is 0.412 e. The first-order chi connectivity index (χ1) is 17.2. The maximum atomic E-state index is 13.2. The summed E-state index contributed by atoms with van der Waals surface area (Å²) in [7, 11) is 1.51. The first-order valence-corrected chi connectivity index (χ1v) is 11.6. The molecule has 9 nitrogen and oxygen atoms in total. The number of benzene rings is 2. The zero-order valence-electron chi connectivity index (χ0n) is 19.5. The molecule has 1 aromatic heterocycles. The van der Waals surface area contributed by atoms with Crippen molar-refractivity contribution in [3.05, 3.63) is 71.1 Å². The van der Waals surface area contributed by atoms with Gasteiger partial charge in [0.25, 0.3) is 0 Å². The molecule has 0 spiro atoms. The number of rotatable bonds is 10. The Bertz CT molecular complexity index is 1240. The van der Waals surface area contributed by atoms with Gasteiger partial charge in [0.2, 0.25) is 0 Å². The van der Waals surface area contributed by atoms with Crippen LogP contribution in [0.3, 0.4) is 0 Å². The second-order valence-electron chi connectivity index (χ2n) is 8.09. The number of fused-ring (bicyclic) bond motifs is 1. The average molecular weight is 517 g/mol. The van der Waals surface area contributed by atoms with Crippen LogP contribution < -0.4 is 10.6 Å². The number of anilines is 1. The third-order valence-electron chi connectivity index (χ3n) is 5.51. The molecule has 36 heavy (non-hydrogen) atoms. The Hall–Kier alpha value is -3.92. The van der Waals surface area contributed by atoms with Gasteiger partial charge in [-0.05, 0) is 42.0 Å². The van der Waals surface area contributed by atoms with E-state index in [-0.39, 0.29) is 37.4 Å². The zero-order chi connectivity index (χ0) is 26.1. The Morgan fingerprint density at radius 1 is 1.17 bits per heavy atom. The van der Waals surface area contributed by atoms with E-state index in [4.69, 9.17) is 21.4 Å². The molecule has 0 fully saturated rings. The van der Waals surface area contributed by atoms with Gasteiger partial charge in [-0.25, -0.2) is 19.0 Å². The minimum absolute atomic E-state index is 0.0547. The largest absolute Gasteiger partial charge is 0.481 e. The van der Waals surface area contributed by atoms with E-state index < -0.39 is 30.0 Å². The molecule has 0 radical (unpaired) electrons. The van der Waals surface area contributed by atoms with Gasteiger partial charge in [-0.15, -0.1) is 0 Å². The average Bonchev–Trinajstić information content (AvgIpc) is 2.84. The molecular formula is C25H26ClFN4O5. The monoisotopic (exact) mass is 516 g/mol. The number of likely N-dealkylation sites (N-methyl/N-ethyl adjacent to an activating group) is 1. The molecule has 11 heteroatoms. The molecule has 1 unspecified atom stereocenters. The summed E-state index contributed by atoms with van der Waals surface area (Å²) in [6.07, 6.45) is 1.34. The van der Waals surface area contributed by atoms with Gasteiger partial charge in [0.1, 0.15) is 18.2 Å². The fourth-order valence-electron chi connectivity index (χ4n) is 3.47. The molecule has 0 saturated heterocycles. The van der Waals surface area contributed by atoms with Crippen molar-refractivity contribution >= 4 is 46.3 Å². The molecule has 3 N–H and O–H groups in total. The van der Waals surface area contributed by atoms with Crippen LogP contribution in [0.5, 0.6) is 0 Å². The summed E-state index contributed by atoms with van der Waals surface area (Å²) in [6, 6.07) is 12.0. The molecule has 0 saturated carbocycles. The number of pyridine rings is 1. The van der Waals surface area contributed by atoms with Gasteiger partial charge in [-0.1, -0.05) is 41.9 Å². The number of aliphatic carboxylic acids is 1. The predicted molar refractivity (Wildman–Crippen MR) is 133 cm³/mol. The van der Waals surface area contributed by atoms with Gasteiger partial charge < -0.3 is 20.1 Å². The number of carbonyl (C=O) groups is 3. The lowest BCUT2D eigenvalue weighted by Crippen LogP contribution is -2.46. The maximum absolute atomic E-state index is 13.2. The molecule has 3 aromatic rings. The molecule has 0 bridgehead atoms. The van der Waals surface area contributed by atoms with Crippen LogP contribution in [0.4, 0.5) is 19.8 Å². The fourth-order valence-corrected chi connectivity index (χ4v) is 3.70. The highest BCUT2D eigenvalue weighted by Crippen LogP contribution is 2.18. The lowest BCUT2D eigenvalue weighted by Gasteiger charge is -2.28. The minimum atomic E-state index is -0.965. The van der Waals surface area contributed by atoms with Crippen molar-refractivity contribution in [2.45, 2.75) is 31.8 Å². The molecule has 1 atom stereocenters. The van der Waals surface area contributed by atoms with Crippen molar-refractivity contribution in [3.8, 4) is 0 Å². The molecule has 3 amide bonds. The van der Waals surface area contributed by atoms with Gasteiger partial charge in [0, 0.05) is 36.6 Å². The number of hydrogen-bond donors (Lipinski definition) is 3. The number of ether oxygens (including phenoxy) is 1. The third-order valence-corrected chi connectivity index (χ3v) is 5.86. The number of aromatic nitrogens is 1. The summed E-state index contributed by atoms with van der Waals surface area (Å²) in [5, 5.41) is 16.2. The quantitative estimate of drug-likeness (QED) is 0.347. The SMILES string of the molecule is CN(C(=O)NCc1ccc(F)cc1Cl)C(CCCC(=O)O)COC(=O)Nc1cc2ccccc2cn1. The van der Waals surface area contributed by atoms with E-state index in [1.54, 1.807) is 12.3 Å². The number of carboxylic acids is 1. The number of amides is 3. The number of hydrogen-bond acceptors (Lipinski definition) is 5. The first kappa shape index (κ1) is 26.7. The lowest BCUT2D eigenvalue weighted by atomic mass is 10.1. The Labute approximate surface area is 212 Å². The fraction of sp³-hybridized carbons (Fsp3) is 0.280. The summed E-state index contributed by atoms with van der Waals surface area (Å²) in [5.74, 6) is -1.14. The van der Waals surface area contributed by atoms with Crippen LogP contribution in [0, 0.1) is 5.82 Å². The Morgan fingerprint density at radius 3 is 2.64 bits per heavy atom. The van der Waals surface area contributed by atoms with Crippen LogP contribution >= 0.6 is 11.6 Å². The third kappa shape index (κ3) is 7.81. The van der Waals surface area contributed by atoms with Crippen molar-refractivity contribution in [1.29, 1.82) is 0 Å². The van der Waals surface area contributed by atoms with Crippen LogP contribution in [0.2, 0.25) is 5.02 Å². The van der Waals surface area contributed by atoms with E-state index in [2.05, 4.69) is 15.6 Å². The van der Waals surface area contributed by atoms with Gasteiger partial charge in [-0.3, -0.25) is 10.1 Å². The molecule has 2 aromatic carbocycles. The predicted octanol–water partition coefficient (Wildman–Crippen LogP) is 5.04. The molecule has 0 aliphatic heterocycles. The second-order valence-corrected chi connectivity index (χ2v) is 8.49. The lowest BCUT2D eigenvalue weighted by molar-refractivity contribution is -0.137. The molecule has 190 valence electrons. The molecule has 3 rings (SSSR count). The van der Waals surface area contributed by atoms with Crippen molar-refractivity contribution in [1.82, 2.24) is 15.2 Å². The van der Waals surface area contributed by atoms with E-state index in [1.807, 2.05) is 24.3 Å². The van der Waals surface area contributed by atoms with E-state index in [1.165, 1.54) is 24.1 Å². The van der Waals surface area contributed by atoms with Gasteiger partial charge in [0.15, 0.2) is 0 Å². The normalized spacial score (nSPS) is 11.5. The first-order valence-electron chi connectivity index (χ1n) is 11.2. The van der Waals surface area contributed by atoms with Crippen molar-refractivity contribution in [2.75, 3.05) is 19.0 Å². The van der Waals surface area contributed by atoms with Crippen molar-refractivity contribution < 1.29 is 28.6 Å². The van der Waals surface area contributed by atoms with Crippen LogP contribution in [0.25, 0.3) is 10.8 Å². The second kappa shape index (κ2) is 12.7. The molecule has 0 aliphatic carbocycles. The summed E-state index contributed by atoms with van der Waals surface area (Å²) < 4.78 is 18.6. The number of carbonyl (C=O) groups excluding carboxylic acids is 2. The van der Waals surface area contributed by atoms with Gasteiger partial charge in [-0.2, -0.15) is 0 Å². The molecular weight excluding hydrogens is 491 g/mol. The zero-order valence-corrected chi connectivity index (χ0v) is 20.3. The minimum Gasteiger partial charge on any atom is -0.481 e. The standard InChI is InChI=1S/C25H26ClFN4O5/c1-31(24(34)29-14-18-9-10-19(27)12-21(18)26)20(7-4-8-23(32)33)15-36-25(35)30-22-11-16-5-2-3-6-17(16)13-28-22/h2-3,5-6,9-13,20H,4,7-8,14-15H2,1H3,(H,29,34)(H,32,33)(H,28,30,35). The number of urea groups is 1. The summed E-state index contributed by atoms with van der Waals surface area (Å²) in [6.45, 7) is -0.112. The highest BCUT2D eigenvalue weighted by Gasteiger charge is 2.22. The molecule has 1 heterocycles. The van der Waals surface area contributed by atoms with Crippen molar-refractivity contribution in [3.63, 3.8) is 0 Å². The van der Waals surface area contributed by atoms with Crippen molar-refractivity contribution in [2.24, 2.45) is 0 Å². The van der Waals surface area contributed by atoms with E-state index in [0.717, 1.165) is 16.8 Å². The highest BCUT2D eigenvalue weighted by molar-refractivity contribution is 6.31. The Kier molecular flexibility index (Phi) is 9.40. The number of nitrogens with zero attached hydrogens (tertiary/aromatic N) is 2. The van der Waals surface area contributed by atoms with E-state index in [9.17, 15) is 18.8 Å².